The summed E-state index contributed by atoms with van der Waals surface area (Å²) in [4.78, 5) is 26.5. The zero-order valence-corrected chi connectivity index (χ0v) is 16.8. The molecule has 0 radical (unpaired) electrons. The van der Waals surface area contributed by atoms with Crippen molar-refractivity contribution in [3.8, 4) is 11.4 Å². The summed E-state index contributed by atoms with van der Waals surface area (Å²) in [6.07, 6.45) is 5.04. The van der Waals surface area contributed by atoms with Gasteiger partial charge in [-0.1, -0.05) is 43.6 Å². The van der Waals surface area contributed by atoms with Crippen molar-refractivity contribution in [1.29, 1.82) is 0 Å². The Labute approximate surface area is 169 Å². The lowest BCUT2D eigenvalue weighted by Gasteiger charge is -2.47. The monoisotopic (exact) mass is 391 g/mol. The van der Waals surface area contributed by atoms with E-state index in [1.165, 1.54) is 0 Å². The Balaban J connectivity index is 1.71. The van der Waals surface area contributed by atoms with Crippen LogP contribution in [0.15, 0.2) is 36.5 Å². The SMILES string of the molecule is C[C@H]1C(=O)CC[C@@]2(C)c3nc(-c4ccnc5ccccc45)nc(Cl)c3CC[C@H]12. The van der Waals surface area contributed by atoms with Crippen LogP contribution in [0.4, 0.5) is 0 Å². The molecule has 1 saturated carbocycles. The number of aromatic nitrogens is 3. The lowest BCUT2D eigenvalue weighted by atomic mass is 9.56. The first kappa shape index (κ1) is 17.7. The number of pyridine rings is 1. The molecule has 1 fully saturated rings. The van der Waals surface area contributed by atoms with E-state index in [2.05, 4.69) is 23.8 Å². The second kappa shape index (κ2) is 6.35. The van der Waals surface area contributed by atoms with E-state index in [9.17, 15) is 4.79 Å². The maximum absolute atomic E-state index is 12.3. The van der Waals surface area contributed by atoms with Crippen LogP contribution in [0.1, 0.15) is 44.4 Å². The predicted octanol–water partition coefficient (Wildman–Crippen LogP) is 5.16. The summed E-state index contributed by atoms with van der Waals surface area (Å²) < 4.78 is 0. The van der Waals surface area contributed by atoms with Gasteiger partial charge in [0.25, 0.3) is 0 Å². The number of Topliss-reactive ketones (excluding diaryl/α,β-unsaturated/α-hetero) is 1. The number of ketones is 1. The van der Waals surface area contributed by atoms with Gasteiger partial charge in [-0.05, 0) is 37.3 Å². The highest BCUT2D eigenvalue weighted by Crippen LogP contribution is 2.51. The Morgan fingerprint density at radius 2 is 1.96 bits per heavy atom. The van der Waals surface area contributed by atoms with Crippen LogP contribution in [0.3, 0.4) is 0 Å². The first-order valence-corrected chi connectivity index (χ1v) is 10.3. The van der Waals surface area contributed by atoms with Crippen LogP contribution in [-0.2, 0) is 16.6 Å². The zero-order valence-electron chi connectivity index (χ0n) is 16.1. The lowest BCUT2D eigenvalue weighted by molar-refractivity contribution is -0.128. The molecule has 2 aromatic heterocycles. The van der Waals surface area contributed by atoms with E-state index < -0.39 is 0 Å². The standard InChI is InChI=1S/C23H22ClN3O/c1-13-17-8-7-16-20(23(17,2)11-9-19(13)28)26-22(27-21(16)24)15-10-12-25-18-6-4-3-5-14(15)18/h3-6,10,12-13,17H,7-9,11H2,1-2H3/t13-,17-,23-/m1/s1. The molecule has 0 aliphatic heterocycles. The minimum Gasteiger partial charge on any atom is -0.299 e. The Morgan fingerprint density at radius 1 is 1.14 bits per heavy atom. The highest BCUT2D eigenvalue weighted by atomic mass is 35.5. The van der Waals surface area contributed by atoms with E-state index in [1.807, 2.05) is 30.3 Å². The van der Waals surface area contributed by atoms with Gasteiger partial charge >= 0.3 is 0 Å². The number of carbonyl (C=O) groups excluding carboxylic acids is 1. The Kier molecular flexibility index (Phi) is 4.02. The maximum atomic E-state index is 12.3. The van der Waals surface area contributed by atoms with Gasteiger partial charge in [0.1, 0.15) is 10.9 Å². The molecule has 5 heteroatoms. The van der Waals surface area contributed by atoms with Gasteiger partial charge in [-0.25, -0.2) is 9.97 Å². The van der Waals surface area contributed by atoms with Gasteiger partial charge in [0, 0.05) is 40.5 Å². The van der Waals surface area contributed by atoms with Crippen LogP contribution in [0.2, 0.25) is 5.15 Å². The first-order chi connectivity index (χ1) is 13.5. The zero-order chi connectivity index (χ0) is 19.5. The Bertz CT molecular complexity index is 1110. The fourth-order valence-corrected chi connectivity index (χ4v) is 5.56. The second-order valence-electron chi connectivity index (χ2n) is 8.36. The molecule has 0 unspecified atom stereocenters. The van der Waals surface area contributed by atoms with Crippen molar-refractivity contribution in [2.75, 3.05) is 0 Å². The maximum Gasteiger partial charge on any atom is 0.161 e. The summed E-state index contributed by atoms with van der Waals surface area (Å²) in [7, 11) is 0. The highest BCUT2D eigenvalue weighted by Gasteiger charge is 2.49. The molecular weight excluding hydrogens is 370 g/mol. The van der Waals surface area contributed by atoms with Crippen LogP contribution in [0.5, 0.6) is 0 Å². The van der Waals surface area contributed by atoms with Gasteiger partial charge < -0.3 is 0 Å². The van der Waals surface area contributed by atoms with Crippen molar-refractivity contribution >= 4 is 28.3 Å². The van der Waals surface area contributed by atoms with Crippen LogP contribution in [0.25, 0.3) is 22.3 Å². The number of fused-ring (bicyclic) bond motifs is 4. The van der Waals surface area contributed by atoms with Crippen molar-refractivity contribution in [2.45, 2.75) is 44.9 Å². The van der Waals surface area contributed by atoms with Gasteiger partial charge in [0.05, 0.1) is 11.2 Å². The summed E-state index contributed by atoms with van der Waals surface area (Å²) >= 11 is 6.67. The Morgan fingerprint density at radius 3 is 2.82 bits per heavy atom. The van der Waals surface area contributed by atoms with E-state index in [0.717, 1.165) is 47.0 Å². The normalized spacial score (nSPS) is 26.8. The number of benzene rings is 1. The highest BCUT2D eigenvalue weighted by molar-refractivity contribution is 6.30. The molecule has 3 atom stereocenters. The molecular formula is C23H22ClN3O. The number of hydrogen-bond donors (Lipinski definition) is 0. The molecule has 3 aromatic rings. The van der Waals surface area contributed by atoms with Crippen molar-refractivity contribution in [2.24, 2.45) is 11.8 Å². The molecule has 2 heterocycles. The lowest BCUT2D eigenvalue weighted by Crippen LogP contribution is -2.47. The van der Waals surface area contributed by atoms with E-state index in [4.69, 9.17) is 16.6 Å². The van der Waals surface area contributed by atoms with Crippen LogP contribution in [0, 0.1) is 11.8 Å². The molecule has 28 heavy (non-hydrogen) atoms. The number of carbonyl (C=O) groups is 1. The molecule has 0 spiro atoms. The largest absolute Gasteiger partial charge is 0.299 e. The number of halogens is 1. The molecule has 142 valence electrons. The third-order valence-electron chi connectivity index (χ3n) is 6.91. The average Bonchev–Trinajstić information content (AvgIpc) is 2.71. The summed E-state index contributed by atoms with van der Waals surface area (Å²) in [5.41, 5.74) is 3.83. The van der Waals surface area contributed by atoms with Gasteiger partial charge in [0.15, 0.2) is 5.82 Å². The van der Waals surface area contributed by atoms with Crippen molar-refractivity contribution in [1.82, 2.24) is 15.0 Å². The van der Waals surface area contributed by atoms with Gasteiger partial charge in [0.2, 0.25) is 0 Å². The van der Waals surface area contributed by atoms with Gasteiger partial charge in [-0.2, -0.15) is 0 Å². The molecule has 5 rings (SSSR count). The first-order valence-electron chi connectivity index (χ1n) is 9.93. The molecule has 0 saturated heterocycles. The third kappa shape index (κ3) is 2.51. The fraction of sp³-hybridized carbons (Fsp3) is 0.391. The predicted molar refractivity (Wildman–Crippen MR) is 110 cm³/mol. The van der Waals surface area contributed by atoms with E-state index in [1.54, 1.807) is 6.20 Å². The summed E-state index contributed by atoms with van der Waals surface area (Å²) in [5.74, 6) is 1.42. The van der Waals surface area contributed by atoms with Crippen molar-refractivity contribution < 1.29 is 4.79 Å². The summed E-state index contributed by atoms with van der Waals surface area (Å²) in [6, 6.07) is 9.96. The minimum absolute atomic E-state index is 0.0749. The smallest absolute Gasteiger partial charge is 0.161 e. The van der Waals surface area contributed by atoms with Gasteiger partial charge in [-0.15, -0.1) is 0 Å². The topological polar surface area (TPSA) is 55.7 Å². The number of rotatable bonds is 1. The van der Waals surface area contributed by atoms with E-state index in [0.29, 0.717) is 29.1 Å². The van der Waals surface area contributed by atoms with Crippen LogP contribution >= 0.6 is 11.6 Å². The van der Waals surface area contributed by atoms with E-state index >= 15 is 0 Å². The number of para-hydroxylation sites is 1. The second-order valence-corrected chi connectivity index (χ2v) is 8.72. The third-order valence-corrected chi connectivity index (χ3v) is 7.23. The van der Waals surface area contributed by atoms with Crippen molar-refractivity contribution in [3.05, 3.63) is 52.9 Å². The summed E-state index contributed by atoms with van der Waals surface area (Å²) in [6.45, 7) is 4.34. The molecule has 2 aliphatic rings. The Hall–Kier alpha value is -2.33. The number of hydrogen-bond acceptors (Lipinski definition) is 4. The number of nitrogens with zero attached hydrogens (tertiary/aromatic N) is 3. The minimum atomic E-state index is -0.134. The van der Waals surface area contributed by atoms with Crippen LogP contribution in [-0.4, -0.2) is 20.7 Å². The fourth-order valence-electron chi connectivity index (χ4n) is 5.30. The molecule has 0 N–H and O–H groups in total. The molecule has 0 bridgehead atoms. The average molecular weight is 392 g/mol. The van der Waals surface area contributed by atoms with Crippen LogP contribution < -0.4 is 0 Å². The van der Waals surface area contributed by atoms with Gasteiger partial charge in [-0.3, -0.25) is 9.78 Å². The summed E-state index contributed by atoms with van der Waals surface area (Å²) in [5, 5.41) is 1.57. The van der Waals surface area contributed by atoms with Crippen molar-refractivity contribution in [3.63, 3.8) is 0 Å². The molecule has 2 aliphatic carbocycles. The molecule has 0 amide bonds. The van der Waals surface area contributed by atoms with E-state index in [-0.39, 0.29) is 11.3 Å². The quantitative estimate of drug-likeness (QED) is 0.537. The molecule has 1 aromatic carbocycles. The molecule has 4 nitrogen and oxygen atoms in total.